The summed E-state index contributed by atoms with van der Waals surface area (Å²) in [4.78, 5) is 26.1. The van der Waals surface area contributed by atoms with Crippen molar-refractivity contribution < 1.29 is 23.5 Å². The van der Waals surface area contributed by atoms with Gasteiger partial charge in [-0.05, 0) is 48.8 Å². The van der Waals surface area contributed by atoms with Crippen molar-refractivity contribution >= 4 is 11.9 Å². The summed E-state index contributed by atoms with van der Waals surface area (Å²) in [6.45, 7) is 0.791. The maximum absolute atomic E-state index is 13.4. The van der Waals surface area contributed by atoms with Gasteiger partial charge in [0.15, 0.2) is 11.6 Å². The molecule has 3 aliphatic rings. The van der Waals surface area contributed by atoms with Crippen LogP contribution in [0.15, 0.2) is 18.2 Å². The third kappa shape index (κ3) is 2.23. The first-order valence-corrected chi connectivity index (χ1v) is 8.39. The summed E-state index contributed by atoms with van der Waals surface area (Å²) in [5.41, 5.74) is -0.137. The van der Waals surface area contributed by atoms with Crippen LogP contribution >= 0.6 is 0 Å². The Morgan fingerprint density at radius 1 is 1.25 bits per heavy atom. The number of carboxylic acid groups (broad SMARTS) is 1. The van der Waals surface area contributed by atoms with Crippen molar-refractivity contribution in [3.05, 3.63) is 35.4 Å². The number of nitrogens with zero attached hydrogens (tertiary/aromatic N) is 1. The molecule has 2 aliphatic carbocycles. The Kier molecular flexibility index (Phi) is 3.41. The zero-order chi connectivity index (χ0) is 17.1. The first-order valence-electron chi connectivity index (χ1n) is 8.39. The minimum atomic E-state index is -0.897. The summed E-state index contributed by atoms with van der Waals surface area (Å²) >= 11 is 0. The van der Waals surface area contributed by atoms with Gasteiger partial charge in [-0.3, -0.25) is 9.59 Å². The van der Waals surface area contributed by atoms with Crippen LogP contribution in [0.5, 0.6) is 0 Å². The normalized spacial score (nSPS) is 34.2. The number of halogens is 2. The Labute approximate surface area is 138 Å². The van der Waals surface area contributed by atoms with Crippen molar-refractivity contribution in [2.75, 3.05) is 13.1 Å². The van der Waals surface area contributed by atoms with E-state index < -0.39 is 23.0 Å². The van der Waals surface area contributed by atoms with E-state index in [1.54, 1.807) is 4.90 Å². The molecule has 24 heavy (non-hydrogen) atoms. The number of carbonyl (C=O) groups is 2. The molecule has 1 aromatic rings. The van der Waals surface area contributed by atoms with E-state index in [1.807, 2.05) is 0 Å². The van der Waals surface area contributed by atoms with Gasteiger partial charge >= 0.3 is 5.97 Å². The van der Waals surface area contributed by atoms with E-state index in [9.17, 15) is 23.5 Å². The maximum Gasteiger partial charge on any atom is 0.311 e. The second-order valence-corrected chi connectivity index (χ2v) is 7.39. The summed E-state index contributed by atoms with van der Waals surface area (Å²) in [6.07, 6.45) is 3.01. The molecule has 2 unspecified atom stereocenters. The fraction of sp³-hybridized carbons (Fsp3) is 0.556. The lowest BCUT2D eigenvalue weighted by Crippen LogP contribution is -2.37. The quantitative estimate of drug-likeness (QED) is 0.924. The Balaban J connectivity index is 1.46. The summed E-state index contributed by atoms with van der Waals surface area (Å²) in [6, 6.07) is 3.77. The van der Waals surface area contributed by atoms with E-state index in [2.05, 4.69) is 0 Å². The topological polar surface area (TPSA) is 57.6 Å². The Morgan fingerprint density at radius 2 is 2.04 bits per heavy atom. The first-order chi connectivity index (χ1) is 11.4. The monoisotopic (exact) mass is 335 g/mol. The molecule has 0 bridgehead atoms. The fourth-order valence-corrected chi connectivity index (χ4v) is 4.62. The Morgan fingerprint density at radius 3 is 2.71 bits per heavy atom. The number of aliphatic carboxylic acids is 1. The molecule has 1 amide bonds. The largest absolute Gasteiger partial charge is 0.481 e. The van der Waals surface area contributed by atoms with E-state index in [0.717, 1.165) is 25.0 Å². The van der Waals surface area contributed by atoms with Gasteiger partial charge in [0.2, 0.25) is 5.91 Å². The minimum Gasteiger partial charge on any atom is -0.481 e. The summed E-state index contributed by atoms with van der Waals surface area (Å²) in [5.74, 6) is -2.91. The number of likely N-dealkylation sites (tertiary alicyclic amines) is 1. The molecular weight excluding hydrogens is 316 g/mol. The molecule has 4 nitrogen and oxygen atoms in total. The van der Waals surface area contributed by atoms with Gasteiger partial charge in [-0.1, -0.05) is 12.5 Å². The number of rotatable bonds is 3. The molecule has 3 fully saturated rings. The van der Waals surface area contributed by atoms with Crippen molar-refractivity contribution in [3.63, 3.8) is 0 Å². The van der Waals surface area contributed by atoms with Gasteiger partial charge in [-0.25, -0.2) is 8.78 Å². The highest BCUT2D eigenvalue weighted by atomic mass is 19.2. The summed E-state index contributed by atoms with van der Waals surface area (Å²) < 4.78 is 26.4. The average molecular weight is 335 g/mol. The van der Waals surface area contributed by atoms with E-state index in [4.69, 9.17) is 0 Å². The van der Waals surface area contributed by atoms with E-state index in [0.29, 0.717) is 24.9 Å². The van der Waals surface area contributed by atoms with Crippen molar-refractivity contribution in [1.29, 1.82) is 0 Å². The van der Waals surface area contributed by atoms with Crippen molar-refractivity contribution in [2.45, 2.75) is 31.6 Å². The van der Waals surface area contributed by atoms with Crippen molar-refractivity contribution in [3.8, 4) is 0 Å². The molecule has 2 saturated carbocycles. The Hall–Kier alpha value is -1.98. The smallest absolute Gasteiger partial charge is 0.311 e. The second kappa shape index (κ2) is 5.26. The number of hydrogen-bond donors (Lipinski definition) is 1. The number of hydrogen-bond acceptors (Lipinski definition) is 2. The van der Waals surface area contributed by atoms with Gasteiger partial charge < -0.3 is 10.0 Å². The van der Waals surface area contributed by atoms with Gasteiger partial charge in [0.25, 0.3) is 0 Å². The molecule has 0 radical (unpaired) electrons. The molecule has 1 saturated heterocycles. The zero-order valence-electron chi connectivity index (χ0n) is 13.2. The first kappa shape index (κ1) is 15.5. The molecule has 6 heteroatoms. The predicted octanol–water partition coefficient (Wildman–Crippen LogP) is 2.78. The van der Waals surface area contributed by atoms with Gasteiger partial charge in [0, 0.05) is 19.0 Å². The zero-order valence-corrected chi connectivity index (χ0v) is 13.2. The average Bonchev–Trinajstić information content (AvgIpc) is 3.08. The van der Waals surface area contributed by atoms with Crippen LogP contribution in [0.1, 0.15) is 37.2 Å². The highest BCUT2D eigenvalue weighted by molar-refractivity contribution is 5.85. The SMILES string of the molecule is O=C(C1CC1c1ccc(F)c(F)c1)N1C[C@@H]2CCC[C@@]2(C(=O)O)C1. The predicted molar refractivity (Wildman–Crippen MR) is 81.2 cm³/mol. The van der Waals surface area contributed by atoms with E-state index >= 15 is 0 Å². The van der Waals surface area contributed by atoms with Gasteiger partial charge in [-0.15, -0.1) is 0 Å². The number of carbonyl (C=O) groups excluding carboxylic acids is 1. The van der Waals surface area contributed by atoms with Gasteiger partial charge in [0.05, 0.1) is 5.41 Å². The van der Waals surface area contributed by atoms with Crippen LogP contribution in [0.4, 0.5) is 8.78 Å². The lowest BCUT2D eigenvalue weighted by Gasteiger charge is -2.23. The molecule has 128 valence electrons. The van der Waals surface area contributed by atoms with Gasteiger partial charge in [-0.2, -0.15) is 0 Å². The number of fused-ring (bicyclic) bond motifs is 1. The van der Waals surface area contributed by atoms with Crippen molar-refractivity contribution in [2.24, 2.45) is 17.3 Å². The highest BCUT2D eigenvalue weighted by Gasteiger charge is 2.57. The minimum absolute atomic E-state index is 0.0411. The third-order valence-corrected chi connectivity index (χ3v) is 6.09. The van der Waals surface area contributed by atoms with Crippen molar-refractivity contribution in [1.82, 2.24) is 4.90 Å². The van der Waals surface area contributed by atoms with Crippen LogP contribution in [0.3, 0.4) is 0 Å². The van der Waals surface area contributed by atoms with Crippen LogP contribution in [0.2, 0.25) is 0 Å². The number of benzene rings is 1. The van der Waals surface area contributed by atoms with Crippen LogP contribution in [-0.2, 0) is 9.59 Å². The molecule has 0 spiro atoms. The molecule has 1 N–H and O–H groups in total. The molecule has 1 heterocycles. The number of carboxylic acids is 1. The maximum atomic E-state index is 13.4. The van der Waals surface area contributed by atoms with Crippen LogP contribution in [0, 0.1) is 28.9 Å². The van der Waals surface area contributed by atoms with Gasteiger partial charge in [0.1, 0.15) is 0 Å². The van der Waals surface area contributed by atoms with Crippen LogP contribution in [-0.4, -0.2) is 35.0 Å². The second-order valence-electron chi connectivity index (χ2n) is 7.39. The Bertz CT molecular complexity index is 722. The lowest BCUT2D eigenvalue weighted by atomic mass is 9.81. The summed E-state index contributed by atoms with van der Waals surface area (Å²) in [7, 11) is 0. The molecule has 4 atom stereocenters. The fourth-order valence-electron chi connectivity index (χ4n) is 4.62. The third-order valence-electron chi connectivity index (χ3n) is 6.09. The standard InChI is InChI=1S/C18H19F2NO3/c19-14-4-3-10(6-15(14)20)12-7-13(12)16(22)21-8-11-2-1-5-18(11,9-21)17(23)24/h3-4,6,11-13H,1-2,5,7-9H2,(H,23,24)/t11-,12?,13?,18+/m0/s1. The van der Waals surface area contributed by atoms with E-state index in [-0.39, 0.29) is 30.2 Å². The molecule has 4 rings (SSSR count). The molecule has 1 aromatic carbocycles. The summed E-state index contributed by atoms with van der Waals surface area (Å²) in [5, 5.41) is 9.60. The number of amides is 1. The molecule has 0 aromatic heterocycles. The molecule has 1 aliphatic heterocycles. The van der Waals surface area contributed by atoms with Crippen LogP contribution < -0.4 is 0 Å². The van der Waals surface area contributed by atoms with E-state index in [1.165, 1.54) is 6.07 Å². The molecular formula is C18H19F2NO3. The lowest BCUT2D eigenvalue weighted by molar-refractivity contribution is -0.149. The van der Waals surface area contributed by atoms with Crippen LogP contribution in [0.25, 0.3) is 0 Å². The highest BCUT2D eigenvalue weighted by Crippen LogP contribution is 2.53.